The zero-order valence-corrected chi connectivity index (χ0v) is 10.1. The van der Waals surface area contributed by atoms with Crippen LogP contribution in [0.3, 0.4) is 0 Å². The van der Waals surface area contributed by atoms with E-state index in [0.29, 0.717) is 5.69 Å². The van der Waals surface area contributed by atoms with Crippen molar-refractivity contribution in [1.82, 2.24) is 14.4 Å². The van der Waals surface area contributed by atoms with Crippen molar-refractivity contribution >= 4 is 16.2 Å². The highest BCUT2D eigenvalue weighted by Gasteiger charge is 2.17. The highest BCUT2D eigenvalue weighted by molar-refractivity contribution is 7.17. The first-order valence-electron chi connectivity index (χ1n) is 5.26. The molecular weight excluding hydrogens is 234 g/mol. The number of aliphatic hydroxyl groups excluding tert-OH is 1. The summed E-state index contributed by atoms with van der Waals surface area (Å²) < 4.78 is 1.94. The third-order valence-corrected chi connectivity index (χ3v) is 3.65. The molecule has 0 spiro atoms. The SMILES string of the molecule is Cc1cn2cnc(C(O)c3cccnc3)c2s1. The van der Waals surface area contributed by atoms with E-state index in [-0.39, 0.29) is 0 Å². The number of hydrogen-bond donors (Lipinski definition) is 1. The van der Waals surface area contributed by atoms with Gasteiger partial charge < -0.3 is 5.11 Å². The highest BCUT2D eigenvalue weighted by atomic mass is 32.1. The maximum absolute atomic E-state index is 10.3. The van der Waals surface area contributed by atoms with Gasteiger partial charge in [-0.15, -0.1) is 11.3 Å². The maximum Gasteiger partial charge on any atom is 0.126 e. The Morgan fingerprint density at radius 3 is 3.12 bits per heavy atom. The van der Waals surface area contributed by atoms with Crippen molar-refractivity contribution in [3.8, 4) is 0 Å². The van der Waals surface area contributed by atoms with Gasteiger partial charge in [0.2, 0.25) is 0 Å². The minimum atomic E-state index is -0.716. The monoisotopic (exact) mass is 245 g/mol. The van der Waals surface area contributed by atoms with Gasteiger partial charge in [0.15, 0.2) is 0 Å². The first-order chi connectivity index (χ1) is 8.25. The minimum absolute atomic E-state index is 0.691. The van der Waals surface area contributed by atoms with E-state index in [0.717, 1.165) is 10.4 Å². The fourth-order valence-corrected chi connectivity index (χ4v) is 2.76. The normalized spacial score (nSPS) is 13.1. The van der Waals surface area contributed by atoms with Gasteiger partial charge in [-0.1, -0.05) is 6.07 Å². The molecule has 17 heavy (non-hydrogen) atoms. The molecule has 3 heterocycles. The Morgan fingerprint density at radius 1 is 1.47 bits per heavy atom. The average Bonchev–Trinajstić information content (AvgIpc) is 2.88. The predicted molar refractivity (Wildman–Crippen MR) is 66.1 cm³/mol. The predicted octanol–water partition coefficient (Wildman–Crippen LogP) is 2.18. The summed E-state index contributed by atoms with van der Waals surface area (Å²) in [6, 6.07) is 3.66. The van der Waals surface area contributed by atoms with Crippen molar-refractivity contribution in [1.29, 1.82) is 0 Å². The van der Waals surface area contributed by atoms with Crippen LogP contribution >= 0.6 is 11.3 Å². The molecule has 3 aromatic rings. The zero-order chi connectivity index (χ0) is 11.8. The summed E-state index contributed by atoms with van der Waals surface area (Å²) in [5, 5.41) is 10.3. The van der Waals surface area contributed by atoms with E-state index in [4.69, 9.17) is 0 Å². The lowest BCUT2D eigenvalue weighted by atomic mass is 10.1. The van der Waals surface area contributed by atoms with Crippen molar-refractivity contribution < 1.29 is 5.11 Å². The van der Waals surface area contributed by atoms with Crippen LogP contribution in [-0.2, 0) is 0 Å². The molecule has 0 saturated heterocycles. The Morgan fingerprint density at radius 2 is 2.35 bits per heavy atom. The van der Waals surface area contributed by atoms with Crippen LogP contribution in [0, 0.1) is 6.92 Å². The smallest absolute Gasteiger partial charge is 0.126 e. The van der Waals surface area contributed by atoms with Gasteiger partial charge in [0.05, 0.1) is 0 Å². The fourth-order valence-electron chi connectivity index (χ4n) is 1.82. The van der Waals surface area contributed by atoms with E-state index < -0.39 is 6.10 Å². The summed E-state index contributed by atoms with van der Waals surface area (Å²) >= 11 is 1.63. The Bertz CT molecular complexity index is 644. The van der Waals surface area contributed by atoms with Gasteiger partial charge in [-0.2, -0.15) is 0 Å². The second-order valence-electron chi connectivity index (χ2n) is 3.87. The Hall–Kier alpha value is -1.72. The molecule has 3 rings (SSSR count). The van der Waals surface area contributed by atoms with Gasteiger partial charge in [0.25, 0.3) is 0 Å². The Kier molecular flexibility index (Phi) is 2.42. The third kappa shape index (κ3) is 1.73. The van der Waals surface area contributed by atoms with Crippen LogP contribution in [-0.4, -0.2) is 19.5 Å². The fraction of sp³-hybridized carbons (Fsp3) is 0.167. The number of fused-ring (bicyclic) bond motifs is 1. The van der Waals surface area contributed by atoms with Gasteiger partial charge in [-0.05, 0) is 13.0 Å². The number of hydrogen-bond acceptors (Lipinski definition) is 4. The van der Waals surface area contributed by atoms with E-state index in [2.05, 4.69) is 9.97 Å². The lowest BCUT2D eigenvalue weighted by molar-refractivity contribution is 0.217. The van der Waals surface area contributed by atoms with Gasteiger partial charge >= 0.3 is 0 Å². The second-order valence-corrected chi connectivity index (χ2v) is 5.11. The number of imidazole rings is 1. The van der Waals surface area contributed by atoms with Gasteiger partial charge in [-0.3, -0.25) is 9.38 Å². The van der Waals surface area contributed by atoms with Crippen molar-refractivity contribution in [3.05, 3.63) is 53.2 Å². The number of aryl methyl sites for hydroxylation is 1. The maximum atomic E-state index is 10.3. The molecule has 86 valence electrons. The average molecular weight is 245 g/mol. The van der Waals surface area contributed by atoms with Crippen LogP contribution in [0.4, 0.5) is 0 Å². The van der Waals surface area contributed by atoms with Crippen molar-refractivity contribution in [2.24, 2.45) is 0 Å². The van der Waals surface area contributed by atoms with Crippen molar-refractivity contribution in [3.63, 3.8) is 0 Å². The molecule has 4 nitrogen and oxygen atoms in total. The summed E-state index contributed by atoms with van der Waals surface area (Å²) in [5.74, 6) is 0. The Balaban J connectivity index is 2.09. The molecule has 0 amide bonds. The van der Waals surface area contributed by atoms with E-state index in [1.54, 1.807) is 30.1 Å². The molecule has 0 aromatic carbocycles. The van der Waals surface area contributed by atoms with Crippen LogP contribution < -0.4 is 0 Å². The van der Waals surface area contributed by atoms with E-state index >= 15 is 0 Å². The lowest BCUT2D eigenvalue weighted by Gasteiger charge is -2.06. The lowest BCUT2D eigenvalue weighted by Crippen LogP contribution is -2.00. The highest BCUT2D eigenvalue weighted by Crippen LogP contribution is 2.28. The number of rotatable bonds is 2. The van der Waals surface area contributed by atoms with E-state index in [1.165, 1.54) is 4.88 Å². The van der Waals surface area contributed by atoms with Gasteiger partial charge in [0, 0.05) is 29.0 Å². The largest absolute Gasteiger partial charge is 0.382 e. The van der Waals surface area contributed by atoms with Crippen molar-refractivity contribution in [2.75, 3.05) is 0 Å². The number of aliphatic hydroxyl groups is 1. The molecule has 0 aliphatic heterocycles. The molecule has 3 aromatic heterocycles. The zero-order valence-electron chi connectivity index (χ0n) is 9.24. The molecular formula is C12H11N3OS. The summed E-state index contributed by atoms with van der Waals surface area (Å²) in [5.41, 5.74) is 1.45. The Labute approximate surface area is 102 Å². The molecule has 0 fully saturated rings. The van der Waals surface area contributed by atoms with Crippen LogP contribution in [0.1, 0.15) is 22.2 Å². The number of pyridine rings is 1. The van der Waals surface area contributed by atoms with Crippen molar-refractivity contribution in [2.45, 2.75) is 13.0 Å². The summed E-state index contributed by atoms with van der Waals surface area (Å²) in [4.78, 5) is 10.5. The molecule has 0 radical (unpaired) electrons. The standard InChI is InChI=1S/C12H11N3OS/c1-8-6-15-7-14-10(12(15)17-8)11(16)9-3-2-4-13-5-9/h2-7,11,16H,1H3. The molecule has 1 N–H and O–H groups in total. The third-order valence-electron chi connectivity index (χ3n) is 2.61. The number of aromatic nitrogens is 3. The first kappa shape index (κ1) is 10.4. The molecule has 5 heteroatoms. The molecule has 0 saturated carbocycles. The van der Waals surface area contributed by atoms with E-state index in [9.17, 15) is 5.11 Å². The number of thiazole rings is 1. The molecule has 0 bridgehead atoms. The van der Waals surface area contributed by atoms with Crippen LogP contribution in [0.2, 0.25) is 0 Å². The summed E-state index contributed by atoms with van der Waals surface area (Å²) in [6.45, 7) is 2.04. The quantitative estimate of drug-likeness (QED) is 0.753. The van der Waals surface area contributed by atoms with Crippen LogP contribution in [0.15, 0.2) is 37.1 Å². The topological polar surface area (TPSA) is 50.4 Å². The first-order valence-corrected chi connectivity index (χ1v) is 6.08. The molecule has 1 unspecified atom stereocenters. The molecule has 0 aliphatic rings. The summed E-state index contributed by atoms with van der Waals surface area (Å²) in [7, 11) is 0. The second kappa shape index (κ2) is 3.94. The van der Waals surface area contributed by atoms with Crippen LogP contribution in [0.5, 0.6) is 0 Å². The van der Waals surface area contributed by atoms with Gasteiger partial charge in [-0.25, -0.2) is 4.98 Å². The minimum Gasteiger partial charge on any atom is -0.382 e. The molecule has 1 atom stereocenters. The van der Waals surface area contributed by atoms with Gasteiger partial charge in [0.1, 0.15) is 23.0 Å². The summed E-state index contributed by atoms with van der Waals surface area (Å²) in [6.07, 6.45) is 6.37. The van der Waals surface area contributed by atoms with E-state index in [1.807, 2.05) is 29.7 Å². The molecule has 0 aliphatic carbocycles. The van der Waals surface area contributed by atoms with Crippen LogP contribution in [0.25, 0.3) is 4.83 Å². The number of nitrogens with zero attached hydrogens (tertiary/aromatic N) is 3.